The Morgan fingerprint density at radius 1 is 1.32 bits per heavy atom. The highest BCUT2D eigenvalue weighted by Gasteiger charge is 2.32. The van der Waals surface area contributed by atoms with Crippen LogP contribution in [-0.4, -0.2) is 43.3 Å². The van der Waals surface area contributed by atoms with Crippen LogP contribution >= 0.6 is 0 Å². The van der Waals surface area contributed by atoms with E-state index in [9.17, 15) is 14.0 Å². The molecule has 0 aliphatic carbocycles. The maximum Gasteiger partial charge on any atom is 0.414 e. The van der Waals surface area contributed by atoms with Crippen LogP contribution in [0.15, 0.2) is 42.5 Å². The van der Waals surface area contributed by atoms with Crippen molar-refractivity contribution in [2.45, 2.75) is 19.6 Å². The molecule has 2 amide bonds. The first kappa shape index (κ1) is 19.8. The lowest BCUT2D eigenvalue weighted by Crippen LogP contribution is -2.33. The number of halogens is 1. The number of carbonyl (C=O) groups is 2. The number of hydrogen-bond donors (Lipinski definition) is 2. The lowest BCUT2D eigenvalue weighted by Gasteiger charge is -2.15. The van der Waals surface area contributed by atoms with Gasteiger partial charge in [0.05, 0.1) is 18.8 Å². The highest BCUT2D eigenvalue weighted by atomic mass is 19.1. The molecule has 3 rings (SSSR count). The molecular formula is C20H23FN4O3. The van der Waals surface area contributed by atoms with Crippen molar-refractivity contribution in [1.82, 2.24) is 10.3 Å². The van der Waals surface area contributed by atoms with Crippen molar-refractivity contribution in [3.05, 3.63) is 53.8 Å². The zero-order valence-corrected chi connectivity index (χ0v) is 15.8. The maximum absolute atomic E-state index is 14.7. The molecular weight excluding hydrogens is 363 g/mol. The molecule has 0 bridgehead atoms. The van der Waals surface area contributed by atoms with Crippen LogP contribution in [0.1, 0.15) is 12.5 Å². The molecule has 3 N–H and O–H groups in total. The predicted octanol–water partition coefficient (Wildman–Crippen LogP) is 2.26. The van der Waals surface area contributed by atoms with Crippen LogP contribution in [0.4, 0.5) is 14.9 Å². The number of nitrogens with two attached hydrogens (primary N) is 1. The minimum atomic E-state index is -0.558. The van der Waals surface area contributed by atoms with Gasteiger partial charge in [-0.1, -0.05) is 24.3 Å². The number of benzene rings is 2. The fourth-order valence-electron chi connectivity index (χ4n) is 3.08. The van der Waals surface area contributed by atoms with Crippen molar-refractivity contribution in [2.75, 3.05) is 25.0 Å². The molecule has 0 spiro atoms. The summed E-state index contributed by atoms with van der Waals surface area (Å²) in [7, 11) is 1.77. The number of amides is 2. The van der Waals surface area contributed by atoms with E-state index in [1.54, 1.807) is 24.2 Å². The van der Waals surface area contributed by atoms with E-state index in [4.69, 9.17) is 10.6 Å². The quantitative estimate of drug-likeness (QED) is 0.587. The van der Waals surface area contributed by atoms with Crippen LogP contribution < -0.4 is 16.1 Å². The maximum atomic E-state index is 14.7. The summed E-state index contributed by atoms with van der Waals surface area (Å²) in [5.74, 6) is 5.01. The number of rotatable bonds is 6. The second-order valence-corrected chi connectivity index (χ2v) is 6.83. The summed E-state index contributed by atoms with van der Waals surface area (Å²) < 4.78 is 19.9. The Bertz CT molecular complexity index is 870. The highest BCUT2D eigenvalue weighted by Crippen LogP contribution is 2.29. The van der Waals surface area contributed by atoms with Crippen molar-refractivity contribution in [1.29, 1.82) is 0 Å². The van der Waals surface area contributed by atoms with E-state index in [0.29, 0.717) is 17.8 Å². The first-order valence-electron chi connectivity index (χ1n) is 8.91. The third-order valence-electron chi connectivity index (χ3n) is 4.41. The third-order valence-corrected chi connectivity index (χ3v) is 4.41. The van der Waals surface area contributed by atoms with Crippen molar-refractivity contribution < 1.29 is 18.7 Å². The molecule has 2 aromatic rings. The van der Waals surface area contributed by atoms with Crippen molar-refractivity contribution in [2.24, 2.45) is 5.84 Å². The van der Waals surface area contributed by atoms with E-state index >= 15 is 0 Å². The van der Waals surface area contributed by atoms with E-state index in [1.165, 1.54) is 17.9 Å². The van der Waals surface area contributed by atoms with Gasteiger partial charge >= 0.3 is 6.09 Å². The molecule has 148 valence electrons. The molecule has 1 fully saturated rings. The summed E-state index contributed by atoms with van der Waals surface area (Å²) in [6.45, 7) is 2.46. The van der Waals surface area contributed by atoms with Crippen LogP contribution in [0.3, 0.4) is 0 Å². The van der Waals surface area contributed by atoms with Crippen LogP contribution in [0, 0.1) is 5.82 Å². The average Bonchev–Trinajstić information content (AvgIpc) is 3.01. The van der Waals surface area contributed by atoms with Gasteiger partial charge in [-0.2, -0.15) is 0 Å². The van der Waals surface area contributed by atoms with Gasteiger partial charge in [0.25, 0.3) is 0 Å². The number of nitrogens with zero attached hydrogens (tertiary/aromatic N) is 2. The van der Waals surface area contributed by atoms with Gasteiger partial charge in [0.2, 0.25) is 5.91 Å². The number of hydrazine groups is 1. The van der Waals surface area contributed by atoms with Gasteiger partial charge in [0, 0.05) is 26.1 Å². The Morgan fingerprint density at radius 2 is 2.04 bits per heavy atom. The van der Waals surface area contributed by atoms with Crippen LogP contribution in [0.5, 0.6) is 0 Å². The fraction of sp³-hybridized carbons (Fsp3) is 0.300. The predicted molar refractivity (Wildman–Crippen MR) is 104 cm³/mol. The standard InChI is InChI=1S/C20H23FN4O3/c1-13(26)23-10-17-12-25(20(27)28-17)16-7-8-18(19(21)9-16)15-5-3-14(4-6-15)11-24(2)22/h3-9,17H,10-12,22H2,1-2H3,(H,23,26). The van der Waals surface area contributed by atoms with E-state index in [0.717, 1.165) is 11.1 Å². The van der Waals surface area contributed by atoms with Crippen molar-refractivity contribution >= 4 is 17.7 Å². The molecule has 7 nitrogen and oxygen atoms in total. The minimum absolute atomic E-state index is 0.200. The molecule has 0 saturated carbocycles. The second kappa shape index (κ2) is 8.37. The summed E-state index contributed by atoms with van der Waals surface area (Å²) in [4.78, 5) is 24.4. The summed E-state index contributed by atoms with van der Waals surface area (Å²) in [6, 6.07) is 12.1. The van der Waals surface area contributed by atoms with Gasteiger partial charge in [-0.25, -0.2) is 14.2 Å². The molecule has 1 heterocycles. The monoisotopic (exact) mass is 386 g/mol. The van der Waals surface area contributed by atoms with E-state index in [-0.39, 0.29) is 19.0 Å². The Balaban J connectivity index is 1.73. The van der Waals surface area contributed by atoms with Crippen LogP contribution in [-0.2, 0) is 16.1 Å². The molecule has 8 heteroatoms. The Morgan fingerprint density at radius 3 is 2.64 bits per heavy atom. The SMILES string of the molecule is CC(=O)NCC1CN(c2ccc(-c3ccc(CN(C)N)cc3)c(F)c2)C(=O)O1. The van der Waals surface area contributed by atoms with Crippen LogP contribution in [0.2, 0.25) is 0 Å². The van der Waals surface area contributed by atoms with E-state index in [2.05, 4.69) is 5.32 Å². The minimum Gasteiger partial charge on any atom is -0.442 e. The summed E-state index contributed by atoms with van der Waals surface area (Å²) in [5.41, 5.74) is 2.62. The van der Waals surface area contributed by atoms with Crippen molar-refractivity contribution in [3.8, 4) is 11.1 Å². The fourth-order valence-corrected chi connectivity index (χ4v) is 3.08. The van der Waals surface area contributed by atoms with Gasteiger partial charge in [0.1, 0.15) is 11.9 Å². The number of nitrogens with one attached hydrogen (secondary N) is 1. The van der Waals surface area contributed by atoms with Gasteiger partial charge < -0.3 is 10.1 Å². The first-order chi connectivity index (χ1) is 13.3. The summed E-state index contributed by atoms with van der Waals surface area (Å²) in [5, 5.41) is 4.18. The number of cyclic esters (lactones) is 1. The molecule has 1 atom stereocenters. The average molecular weight is 386 g/mol. The molecule has 0 radical (unpaired) electrons. The smallest absolute Gasteiger partial charge is 0.414 e. The van der Waals surface area contributed by atoms with E-state index < -0.39 is 18.0 Å². The molecule has 2 aromatic carbocycles. The lowest BCUT2D eigenvalue weighted by molar-refractivity contribution is -0.119. The van der Waals surface area contributed by atoms with Crippen molar-refractivity contribution in [3.63, 3.8) is 0 Å². The van der Waals surface area contributed by atoms with Crippen LogP contribution in [0.25, 0.3) is 11.1 Å². The largest absolute Gasteiger partial charge is 0.442 e. The normalized spacial score (nSPS) is 16.4. The Kier molecular flexibility index (Phi) is 5.91. The lowest BCUT2D eigenvalue weighted by atomic mass is 10.0. The highest BCUT2D eigenvalue weighted by molar-refractivity contribution is 5.90. The molecule has 1 unspecified atom stereocenters. The van der Waals surface area contributed by atoms with Gasteiger partial charge in [0.15, 0.2) is 0 Å². The Labute approximate surface area is 162 Å². The molecule has 1 aliphatic heterocycles. The second-order valence-electron chi connectivity index (χ2n) is 6.83. The Hall–Kier alpha value is -2.97. The number of hydrogen-bond acceptors (Lipinski definition) is 5. The zero-order valence-electron chi connectivity index (χ0n) is 15.8. The number of carbonyl (C=O) groups excluding carboxylic acids is 2. The van der Waals surface area contributed by atoms with E-state index in [1.807, 2.05) is 24.3 Å². The molecule has 0 aromatic heterocycles. The zero-order chi connectivity index (χ0) is 20.3. The van der Waals surface area contributed by atoms with Gasteiger partial charge in [-0.15, -0.1) is 0 Å². The number of anilines is 1. The number of ether oxygens (including phenoxy) is 1. The topological polar surface area (TPSA) is 87.9 Å². The van der Waals surface area contributed by atoms with Gasteiger partial charge in [-0.3, -0.25) is 15.5 Å². The molecule has 1 aliphatic rings. The summed E-state index contributed by atoms with van der Waals surface area (Å²) >= 11 is 0. The molecule has 1 saturated heterocycles. The first-order valence-corrected chi connectivity index (χ1v) is 8.91. The summed E-state index contributed by atoms with van der Waals surface area (Å²) in [6.07, 6.45) is -1.02. The third kappa shape index (κ3) is 4.65. The van der Waals surface area contributed by atoms with Gasteiger partial charge in [-0.05, 0) is 29.3 Å². The molecule has 28 heavy (non-hydrogen) atoms.